The van der Waals surface area contributed by atoms with Crippen molar-refractivity contribution in [2.45, 2.75) is 64.2 Å². The minimum absolute atomic E-state index is 0.455. The smallest absolute Gasteiger partial charge is 0.00105 e. The zero-order valence-corrected chi connectivity index (χ0v) is 15.6. The lowest BCUT2D eigenvalue weighted by Gasteiger charge is -2.66. The van der Waals surface area contributed by atoms with E-state index in [-0.39, 0.29) is 0 Å². The molecule has 4 fully saturated rings. The SMILES string of the molecule is CC12CC3CC(C)(C1)CC(c1cccc4c1Cc1ccccc1-4)(C3)C2. The van der Waals surface area contributed by atoms with Crippen LogP contribution in [0.5, 0.6) is 0 Å². The number of benzene rings is 2. The van der Waals surface area contributed by atoms with Crippen molar-refractivity contribution < 1.29 is 0 Å². The van der Waals surface area contributed by atoms with E-state index in [4.69, 9.17) is 0 Å². The molecule has 2 aromatic carbocycles. The van der Waals surface area contributed by atoms with Crippen LogP contribution >= 0.6 is 0 Å². The van der Waals surface area contributed by atoms with Crippen molar-refractivity contribution in [3.63, 3.8) is 0 Å². The minimum Gasteiger partial charge on any atom is -0.0619 e. The molecule has 0 radical (unpaired) electrons. The molecule has 2 unspecified atom stereocenters. The number of rotatable bonds is 1. The second-order valence-electron chi connectivity index (χ2n) is 10.6. The van der Waals surface area contributed by atoms with Gasteiger partial charge < -0.3 is 0 Å². The molecular weight excluding hydrogens is 300 g/mol. The molecule has 7 rings (SSSR count). The molecular formula is C25H28. The molecule has 0 spiro atoms. The summed E-state index contributed by atoms with van der Waals surface area (Å²) in [5.74, 6) is 0.964. The third-order valence-electron chi connectivity index (χ3n) is 8.05. The third kappa shape index (κ3) is 1.89. The number of fused-ring (bicyclic) bond motifs is 3. The van der Waals surface area contributed by atoms with Crippen molar-refractivity contribution in [2.75, 3.05) is 0 Å². The predicted octanol–water partition coefficient (Wildman–Crippen LogP) is 6.51. The quantitative estimate of drug-likeness (QED) is 0.478. The summed E-state index contributed by atoms with van der Waals surface area (Å²) in [4.78, 5) is 0. The van der Waals surface area contributed by atoms with Crippen molar-refractivity contribution in [1.82, 2.24) is 0 Å². The fourth-order valence-electron chi connectivity index (χ4n) is 8.40. The van der Waals surface area contributed by atoms with Crippen LogP contribution in [0.25, 0.3) is 11.1 Å². The summed E-state index contributed by atoms with van der Waals surface area (Å²) in [5.41, 5.74) is 9.56. The highest BCUT2D eigenvalue weighted by Gasteiger charge is 2.60. The van der Waals surface area contributed by atoms with Crippen molar-refractivity contribution in [1.29, 1.82) is 0 Å². The maximum Gasteiger partial charge on any atom is -0.00105 e. The second kappa shape index (κ2) is 4.40. The number of hydrogen-bond donors (Lipinski definition) is 0. The van der Waals surface area contributed by atoms with Crippen molar-refractivity contribution in [3.05, 3.63) is 59.2 Å². The van der Waals surface area contributed by atoms with Crippen LogP contribution in [-0.2, 0) is 11.8 Å². The van der Waals surface area contributed by atoms with Gasteiger partial charge in [0.05, 0.1) is 0 Å². The highest BCUT2D eigenvalue weighted by molar-refractivity contribution is 5.78. The lowest BCUT2D eigenvalue weighted by molar-refractivity contribution is -0.110. The van der Waals surface area contributed by atoms with Gasteiger partial charge in [-0.25, -0.2) is 0 Å². The molecule has 0 nitrogen and oxygen atoms in total. The predicted molar refractivity (Wildman–Crippen MR) is 104 cm³/mol. The molecule has 0 heteroatoms. The summed E-state index contributed by atoms with van der Waals surface area (Å²) in [5, 5.41) is 0. The van der Waals surface area contributed by atoms with Crippen LogP contribution in [0.4, 0.5) is 0 Å². The van der Waals surface area contributed by atoms with Gasteiger partial charge in [-0.3, -0.25) is 0 Å². The molecule has 2 aromatic rings. The van der Waals surface area contributed by atoms with Gasteiger partial charge in [0.15, 0.2) is 0 Å². The highest BCUT2D eigenvalue weighted by Crippen LogP contribution is 2.70. The summed E-state index contributed by atoms with van der Waals surface area (Å²) >= 11 is 0. The van der Waals surface area contributed by atoms with Gasteiger partial charge in [0.1, 0.15) is 0 Å². The minimum atomic E-state index is 0.455. The first-order valence-electron chi connectivity index (χ1n) is 10.2. The van der Waals surface area contributed by atoms with Crippen LogP contribution in [0.1, 0.15) is 69.1 Å². The van der Waals surface area contributed by atoms with E-state index in [1.807, 2.05) is 0 Å². The molecule has 0 heterocycles. The Bertz CT molecular complexity index is 871. The van der Waals surface area contributed by atoms with Gasteiger partial charge in [-0.15, -0.1) is 0 Å². The largest absolute Gasteiger partial charge is 0.0619 e. The maximum absolute atomic E-state index is 2.60. The Labute approximate surface area is 151 Å². The monoisotopic (exact) mass is 328 g/mol. The Morgan fingerprint density at radius 1 is 0.760 bits per heavy atom. The Kier molecular flexibility index (Phi) is 2.57. The molecule has 0 amide bonds. The van der Waals surface area contributed by atoms with Crippen LogP contribution < -0.4 is 0 Å². The van der Waals surface area contributed by atoms with Gasteiger partial charge in [-0.1, -0.05) is 56.3 Å². The average molecular weight is 328 g/mol. The first-order valence-corrected chi connectivity index (χ1v) is 10.2. The molecule has 0 aromatic heterocycles. The van der Waals surface area contributed by atoms with Crippen LogP contribution in [0.15, 0.2) is 42.5 Å². The van der Waals surface area contributed by atoms with E-state index in [0.717, 1.165) is 12.3 Å². The molecule has 5 aliphatic rings. The fraction of sp³-hybridized carbons (Fsp3) is 0.520. The lowest BCUT2D eigenvalue weighted by atomic mass is 9.39. The Hall–Kier alpha value is -1.56. The summed E-state index contributed by atoms with van der Waals surface area (Å²) in [6.07, 6.45) is 9.90. The normalized spacial score (nSPS) is 40.2. The van der Waals surface area contributed by atoms with Crippen molar-refractivity contribution in [3.8, 4) is 11.1 Å². The van der Waals surface area contributed by atoms with E-state index in [1.165, 1.54) is 55.2 Å². The van der Waals surface area contributed by atoms with E-state index in [1.54, 1.807) is 11.1 Å². The van der Waals surface area contributed by atoms with E-state index < -0.39 is 0 Å². The molecule has 4 bridgehead atoms. The molecule has 2 atom stereocenters. The van der Waals surface area contributed by atoms with Gasteiger partial charge in [-0.05, 0) is 94.9 Å². The molecule has 0 saturated heterocycles. The average Bonchev–Trinajstić information content (AvgIpc) is 2.89. The summed E-state index contributed by atoms with van der Waals surface area (Å²) in [7, 11) is 0. The van der Waals surface area contributed by atoms with E-state index >= 15 is 0 Å². The van der Waals surface area contributed by atoms with Crippen LogP contribution in [0.2, 0.25) is 0 Å². The first-order chi connectivity index (χ1) is 12.0. The summed E-state index contributed by atoms with van der Waals surface area (Å²) in [6, 6.07) is 16.3. The van der Waals surface area contributed by atoms with Gasteiger partial charge in [0.2, 0.25) is 0 Å². The van der Waals surface area contributed by atoms with Crippen molar-refractivity contribution >= 4 is 0 Å². The summed E-state index contributed by atoms with van der Waals surface area (Å²) in [6.45, 7) is 5.20. The Morgan fingerprint density at radius 2 is 1.48 bits per heavy atom. The van der Waals surface area contributed by atoms with Gasteiger partial charge >= 0.3 is 0 Å². The fourth-order valence-corrected chi connectivity index (χ4v) is 8.40. The van der Waals surface area contributed by atoms with Crippen LogP contribution in [0.3, 0.4) is 0 Å². The number of hydrogen-bond acceptors (Lipinski definition) is 0. The highest BCUT2D eigenvalue weighted by atomic mass is 14.6. The van der Waals surface area contributed by atoms with Gasteiger partial charge in [0.25, 0.3) is 0 Å². The topological polar surface area (TPSA) is 0 Å². The molecule has 4 saturated carbocycles. The third-order valence-corrected chi connectivity index (χ3v) is 8.05. The van der Waals surface area contributed by atoms with Crippen LogP contribution in [-0.4, -0.2) is 0 Å². The van der Waals surface area contributed by atoms with Crippen LogP contribution in [0, 0.1) is 16.7 Å². The second-order valence-corrected chi connectivity index (χ2v) is 10.6. The lowest BCUT2D eigenvalue weighted by Crippen LogP contribution is -2.57. The molecule has 128 valence electrons. The van der Waals surface area contributed by atoms with Gasteiger partial charge in [-0.2, -0.15) is 0 Å². The maximum atomic E-state index is 2.60. The molecule has 25 heavy (non-hydrogen) atoms. The first kappa shape index (κ1) is 14.6. The molecule has 5 aliphatic carbocycles. The summed E-state index contributed by atoms with van der Waals surface area (Å²) < 4.78 is 0. The standard InChI is InChI=1S/C25H28/c1-23-11-17-12-24(2,14-23)16-25(13-17,15-23)22-9-5-8-20-19-7-4-3-6-18(19)10-21(20)22/h3-9,17H,10-16H2,1-2H3. The van der Waals surface area contributed by atoms with Crippen molar-refractivity contribution in [2.24, 2.45) is 16.7 Å². The zero-order valence-electron chi connectivity index (χ0n) is 15.6. The molecule has 0 N–H and O–H groups in total. The molecule has 0 aliphatic heterocycles. The Morgan fingerprint density at radius 3 is 2.24 bits per heavy atom. The van der Waals surface area contributed by atoms with E-state index in [0.29, 0.717) is 16.2 Å². The van der Waals surface area contributed by atoms with Gasteiger partial charge in [0, 0.05) is 0 Å². The zero-order chi connectivity index (χ0) is 16.9. The Balaban J connectivity index is 1.54. The van der Waals surface area contributed by atoms with E-state index in [2.05, 4.69) is 56.3 Å². The van der Waals surface area contributed by atoms with E-state index in [9.17, 15) is 0 Å².